The Labute approximate surface area is 108 Å². The van der Waals surface area contributed by atoms with Gasteiger partial charge in [-0.15, -0.1) is 11.3 Å². The topological polar surface area (TPSA) is 68.0 Å². The number of hydrogen-bond donors (Lipinski definition) is 2. The summed E-state index contributed by atoms with van der Waals surface area (Å²) in [5.74, 6) is -0.549. The van der Waals surface area contributed by atoms with E-state index in [1.54, 1.807) is 17.5 Å². The van der Waals surface area contributed by atoms with Gasteiger partial charge in [-0.05, 0) is 17.7 Å². The zero-order chi connectivity index (χ0) is 13.0. The van der Waals surface area contributed by atoms with E-state index in [4.69, 9.17) is 5.73 Å². The van der Waals surface area contributed by atoms with Crippen molar-refractivity contribution in [3.63, 3.8) is 0 Å². The summed E-state index contributed by atoms with van der Waals surface area (Å²) in [4.78, 5) is 15.8. The lowest BCUT2D eigenvalue weighted by molar-refractivity contribution is 0.0946. The normalized spacial score (nSPS) is 10.3. The average molecular weight is 265 g/mol. The number of rotatable bonds is 4. The van der Waals surface area contributed by atoms with Crippen LogP contribution in [0.5, 0.6) is 0 Å². The van der Waals surface area contributed by atoms with Gasteiger partial charge in [0.25, 0.3) is 5.91 Å². The molecule has 3 N–H and O–H groups in total. The van der Waals surface area contributed by atoms with Crippen molar-refractivity contribution in [3.05, 3.63) is 51.7 Å². The fraction of sp³-hybridized carbons (Fsp3) is 0.167. The summed E-state index contributed by atoms with van der Waals surface area (Å²) in [6, 6.07) is 5.97. The number of benzene rings is 1. The third-order valence-corrected chi connectivity index (χ3v) is 3.20. The second kappa shape index (κ2) is 5.70. The third kappa shape index (κ3) is 3.12. The van der Waals surface area contributed by atoms with Crippen LogP contribution < -0.4 is 11.1 Å². The van der Waals surface area contributed by atoms with E-state index in [-0.39, 0.29) is 11.7 Å². The van der Waals surface area contributed by atoms with Gasteiger partial charge in [0.05, 0.1) is 0 Å². The van der Waals surface area contributed by atoms with Crippen molar-refractivity contribution in [2.45, 2.75) is 13.1 Å². The van der Waals surface area contributed by atoms with E-state index in [1.165, 1.54) is 23.5 Å². The molecule has 0 unspecified atom stereocenters. The van der Waals surface area contributed by atoms with Crippen LogP contribution in [0.25, 0.3) is 0 Å². The summed E-state index contributed by atoms with van der Waals surface area (Å²) >= 11 is 1.35. The van der Waals surface area contributed by atoms with Crippen molar-refractivity contribution in [1.29, 1.82) is 0 Å². The quantitative estimate of drug-likeness (QED) is 0.883. The van der Waals surface area contributed by atoms with Crippen LogP contribution in [0.15, 0.2) is 29.6 Å². The highest BCUT2D eigenvalue weighted by Gasteiger charge is 2.09. The molecule has 0 aliphatic rings. The molecule has 0 aliphatic heterocycles. The second-order valence-corrected chi connectivity index (χ2v) is 4.58. The van der Waals surface area contributed by atoms with Gasteiger partial charge in [0.15, 0.2) is 0 Å². The molecule has 2 rings (SSSR count). The molecule has 18 heavy (non-hydrogen) atoms. The summed E-state index contributed by atoms with van der Waals surface area (Å²) in [5.41, 5.74) is 6.62. The number of aromatic nitrogens is 1. The number of hydrogen-bond acceptors (Lipinski definition) is 4. The van der Waals surface area contributed by atoms with Gasteiger partial charge in [-0.3, -0.25) is 4.79 Å². The van der Waals surface area contributed by atoms with E-state index >= 15 is 0 Å². The zero-order valence-corrected chi connectivity index (χ0v) is 10.3. The molecule has 0 atom stereocenters. The number of nitrogens with one attached hydrogen (secondary N) is 1. The molecule has 1 amide bonds. The van der Waals surface area contributed by atoms with Crippen molar-refractivity contribution in [3.8, 4) is 0 Å². The third-order valence-electron chi connectivity index (χ3n) is 2.33. The Morgan fingerprint density at radius 2 is 2.11 bits per heavy atom. The predicted molar refractivity (Wildman–Crippen MR) is 67.6 cm³/mol. The first-order valence-corrected chi connectivity index (χ1v) is 6.24. The Morgan fingerprint density at radius 1 is 1.39 bits per heavy atom. The van der Waals surface area contributed by atoms with Crippen molar-refractivity contribution in [2.24, 2.45) is 5.73 Å². The molecule has 94 valence electrons. The van der Waals surface area contributed by atoms with Gasteiger partial charge in [-0.25, -0.2) is 9.37 Å². The number of carbonyl (C=O) groups excluding carboxylic acids is 1. The highest BCUT2D eigenvalue weighted by atomic mass is 32.1. The molecule has 0 saturated carbocycles. The molecule has 0 saturated heterocycles. The molecule has 0 aliphatic carbocycles. The molecule has 0 radical (unpaired) electrons. The fourth-order valence-electron chi connectivity index (χ4n) is 1.38. The number of amides is 1. The van der Waals surface area contributed by atoms with Crippen LogP contribution in [0.4, 0.5) is 4.39 Å². The minimum atomic E-state index is -0.294. The van der Waals surface area contributed by atoms with Crippen molar-refractivity contribution in [1.82, 2.24) is 10.3 Å². The SMILES string of the molecule is NCc1nc(C(=O)NCc2ccc(F)cc2)cs1. The number of thiazole rings is 1. The Kier molecular flexibility index (Phi) is 4.01. The minimum Gasteiger partial charge on any atom is -0.347 e. The van der Waals surface area contributed by atoms with Crippen LogP contribution in [0, 0.1) is 5.82 Å². The number of halogens is 1. The fourth-order valence-corrected chi connectivity index (χ4v) is 2.04. The monoisotopic (exact) mass is 265 g/mol. The first-order valence-electron chi connectivity index (χ1n) is 5.36. The molecule has 6 heteroatoms. The van der Waals surface area contributed by atoms with Gasteiger partial charge >= 0.3 is 0 Å². The molecule has 1 aromatic carbocycles. The van der Waals surface area contributed by atoms with Crippen molar-refractivity contribution in [2.75, 3.05) is 0 Å². The first-order chi connectivity index (χ1) is 8.69. The van der Waals surface area contributed by atoms with Gasteiger partial charge in [0.2, 0.25) is 0 Å². The predicted octanol–water partition coefficient (Wildman–Crippen LogP) is 1.67. The molecule has 1 heterocycles. The van der Waals surface area contributed by atoms with Crippen LogP contribution in [-0.4, -0.2) is 10.9 Å². The molecule has 2 aromatic rings. The van der Waals surface area contributed by atoms with Gasteiger partial charge in [0, 0.05) is 18.5 Å². The van der Waals surface area contributed by atoms with Crippen molar-refractivity contribution >= 4 is 17.2 Å². The van der Waals surface area contributed by atoms with Gasteiger partial charge in [0.1, 0.15) is 16.5 Å². The summed E-state index contributed by atoms with van der Waals surface area (Å²) < 4.78 is 12.7. The molecule has 0 fully saturated rings. The first kappa shape index (κ1) is 12.7. The van der Waals surface area contributed by atoms with E-state index in [0.29, 0.717) is 18.8 Å². The second-order valence-electron chi connectivity index (χ2n) is 3.64. The van der Waals surface area contributed by atoms with Crippen LogP contribution in [0.1, 0.15) is 21.1 Å². The van der Waals surface area contributed by atoms with Crippen LogP contribution in [0.2, 0.25) is 0 Å². The zero-order valence-electron chi connectivity index (χ0n) is 9.52. The number of nitrogens with zero attached hydrogens (tertiary/aromatic N) is 1. The lowest BCUT2D eigenvalue weighted by Crippen LogP contribution is -2.23. The highest BCUT2D eigenvalue weighted by molar-refractivity contribution is 7.09. The number of nitrogens with two attached hydrogens (primary N) is 1. The Balaban J connectivity index is 1.93. The molecule has 0 spiro atoms. The van der Waals surface area contributed by atoms with Gasteiger partial charge in [-0.1, -0.05) is 12.1 Å². The van der Waals surface area contributed by atoms with Crippen molar-refractivity contribution < 1.29 is 9.18 Å². The molecular weight excluding hydrogens is 253 g/mol. The molecular formula is C12H12FN3OS. The smallest absolute Gasteiger partial charge is 0.271 e. The number of carbonyl (C=O) groups is 1. The summed E-state index contributed by atoms with van der Waals surface area (Å²) in [6.45, 7) is 0.671. The van der Waals surface area contributed by atoms with E-state index in [2.05, 4.69) is 10.3 Å². The van der Waals surface area contributed by atoms with E-state index in [9.17, 15) is 9.18 Å². The maximum absolute atomic E-state index is 12.7. The molecule has 0 bridgehead atoms. The summed E-state index contributed by atoms with van der Waals surface area (Å²) in [6.07, 6.45) is 0. The lowest BCUT2D eigenvalue weighted by Gasteiger charge is -2.03. The largest absolute Gasteiger partial charge is 0.347 e. The average Bonchev–Trinajstić information content (AvgIpc) is 2.86. The summed E-state index contributed by atoms with van der Waals surface area (Å²) in [5, 5.41) is 5.11. The Bertz CT molecular complexity index is 539. The van der Waals surface area contributed by atoms with Crippen LogP contribution in [-0.2, 0) is 13.1 Å². The van der Waals surface area contributed by atoms with E-state index in [0.717, 1.165) is 10.6 Å². The maximum Gasteiger partial charge on any atom is 0.271 e. The maximum atomic E-state index is 12.7. The van der Waals surface area contributed by atoms with E-state index in [1.807, 2.05) is 0 Å². The highest BCUT2D eigenvalue weighted by Crippen LogP contribution is 2.09. The molecule has 1 aromatic heterocycles. The Morgan fingerprint density at radius 3 is 2.72 bits per heavy atom. The minimum absolute atomic E-state index is 0.254. The van der Waals surface area contributed by atoms with Gasteiger partial charge in [-0.2, -0.15) is 0 Å². The standard InChI is InChI=1S/C12H12FN3OS/c13-9-3-1-8(2-4-9)6-15-12(17)10-7-18-11(5-14)16-10/h1-4,7H,5-6,14H2,(H,15,17). The van der Waals surface area contributed by atoms with E-state index < -0.39 is 0 Å². The lowest BCUT2D eigenvalue weighted by atomic mass is 10.2. The van der Waals surface area contributed by atoms with Gasteiger partial charge < -0.3 is 11.1 Å². The Hall–Kier alpha value is -1.79. The van der Waals surface area contributed by atoms with Crippen LogP contribution in [0.3, 0.4) is 0 Å². The molecule has 4 nitrogen and oxygen atoms in total. The summed E-state index contributed by atoms with van der Waals surface area (Å²) in [7, 11) is 0. The van der Waals surface area contributed by atoms with Crippen LogP contribution >= 0.6 is 11.3 Å².